The Morgan fingerprint density at radius 2 is 2.14 bits per heavy atom. The van der Waals surface area contributed by atoms with Gasteiger partial charge in [0.05, 0.1) is 12.7 Å². The standard InChI is InChI=1S/C16H22F2N2O2/c1-11(10-21-2)20-8-12(6-7-13(9-20)22-19)14-4-3-5-15(17)16(14)18/h3-5,12-13H,1,6-10,19H2,2H3/t12-,13-/m1/s1. The molecule has 2 N–H and O–H groups in total. The lowest BCUT2D eigenvalue weighted by molar-refractivity contribution is 0.0318. The van der Waals surface area contributed by atoms with Gasteiger partial charge in [-0.1, -0.05) is 18.7 Å². The van der Waals surface area contributed by atoms with Crippen LogP contribution in [0.1, 0.15) is 24.3 Å². The Morgan fingerprint density at radius 1 is 1.36 bits per heavy atom. The minimum absolute atomic E-state index is 0.149. The van der Waals surface area contributed by atoms with Crippen LogP contribution in [0.25, 0.3) is 0 Å². The van der Waals surface area contributed by atoms with Crippen LogP contribution in [0, 0.1) is 11.6 Å². The van der Waals surface area contributed by atoms with Crippen molar-refractivity contribution in [2.45, 2.75) is 24.9 Å². The number of ether oxygens (including phenoxy) is 1. The molecule has 0 amide bonds. The Morgan fingerprint density at radius 3 is 2.82 bits per heavy atom. The molecule has 0 radical (unpaired) electrons. The summed E-state index contributed by atoms with van der Waals surface area (Å²) in [7, 11) is 1.59. The topological polar surface area (TPSA) is 47.7 Å². The zero-order valence-corrected chi connectivity index (χ0v) is 12.7. The molecule has 1 aliphatic heterocycles. The van der Waals surface area contributed by atoms with Crippen molar-refractivity contribution in [1.29, 1.82) is 0 Å². The van der Waals surface area contributed by atoms with E-state index in [4.69, 9.17) is 15.5 Å². The van der Waals surface area contributed by atoms with Crippen LogP contribution in [0.15, 0.2) is 30.5 Å². The van der Waals surface area contributed by atoms with Crippen molar-refractivity contribution in [3.05, 3.63) is 47.7 Å². The summed E-state index contributed by atoms with van der Waals surface area (Å²) in [4.78, 5) is 6.95. The normalized spacial score (nSPS) is 22.5. The van der Waals surface area contributed by atoms with Crippen LogP contribution in [0.4, 0.5) is 8.78 Å². The van der Waals surface area contributed by atoms with Crippen molar-refractivity contribution >= 4 is 0 Å². The maximum Gasteiger partial charge on any atom is 0.162 e. The molecule has 1 aliphatic rings. The highest BCUT2D eigenvalue weighted by Crippen LogP contribution is 2.31. The van der Waals surface area contributed by atoms with E-state index in [2.05, 4.69) is 6.58 Å². The number of likely N-dealkylation sites (tertiary alicyclic amines) is 1. The molecule has 1 heterocycles. The lowest BCUT2D eigenvalue weighted by Gasteiger charge is -2.29. The molecule has 1 fully saturated rings. The molecule has 4 nitrogen and oxygen atoms in total. The van der Waals surface area contributed by atoms with Crippen LogP contribution >= 0.6 is 0 Å². The van der Waals surface area contributed by atoms with Crippen molar-refractivity contribution in [2.24, 2.45) is 5.90 Å². The number of halogens is 2. The van der Waals surface area contributed by atoms with Gasteiger partial charge in [0, 0.05) is 31.8 Å². The van der Waals surface area contributed by atoms with Gasteiger partial charge in [0.15, 0.2) is 11.6 Å². The van der Waals surface area contributed by atoms with Gasteiger partial charge in [-0.15, -0.1) is 0 Å². The SMILES string of the molecule is C=C(COC)N1C[C@H](ON)CC[C@@H](c2cccc(F)c2F)C1. The van der Waals surface area contributed by atoms with Gasteiger partial charge in [0.1, 0.15) is 0 Å². The summed E-state index contributed by atoms with van der Waals surface area (Å²) in [6, 6.07) is 4.29. The molecule has 0 saturated carbocycles. The van der Waals surface area contributed by atoms with E-state index in [1.165, 1.54) is 6.07 Å². The van der Waals surface area contributed by atoms with Crippen LogP contribution in [0.3, 0.4) is 0 Å². The van der Waals surface area contributed by atoms with E-state index >= 15 is 0 Å². The summed E-state index contributed by atoms with van der Waals surface area (Å²) in [6.45, 7) is 5.45. The van der Waals surface area contributed by atoms with Crippen LogP contribution < -0.4 is 5.90 Å². The first-order valence-corrected chi connectivity index (χ1v) is 7.28. The van der Waals surface area contributed by atoms with Crippen LogP contribution in [0.2, 0.25) is 0 Å². The van der Waals surface area contributed by atoms with E-state index in [9.17, 15) is 8.78 Å². The Hall–Kier alpha value is -1.50. The molecular formula is C16H22F2N2O2. The minimum atomic E-state index is -0.823. The third kappa shape index (κ3) is 3.82. The lowest BCUT2D eigenvalue weighted by atomic mass is 9.93. The highest BCUT2D eigenvalue weighted by molar-refractivity contribution is 5.24. The predicted molar refractivity (Wildman–Crippen MR) is 80.0 cm³/mol. The molecule has 0 spiro atoms. The Labute approximate surface area is 129 Å². The van der Waals surface area contributed by atoms with Gasteiger partial charge in [-0.25, -0.2) is 14.7 Å². The number of rotatable bonds is 5. The third-order valence-corrected chi connectivity index (χ3v) is 4.07. The summed E-state index contributed by atoms with van der Waals surface area (Å²) >= 11 is 0. The fraction of sp³-hybridized carbons (Fsp3) is 0.500. The van der Waals surface area contributed by atoms with Crippen LogP contribution in [0.5, 0.6) is 0 Å². The molecule has 22 heavy (non-hydrogen) atoms. The summed E-state index contributed by atoms with van der Waals surface area (Å²) in [6.07, 6.45) is 1.17. The van der Waals surface area contributed by atoms with Crippen molar-refractivity contribution in [3.63, 3.8) is 0 Å². The highest BCUT2D eigenvalue weighted by Gasteiger charge is 2.28. The zero-order valence-electron chi connectivity index (χ0n) is 12.7. The maximum absolute atomic E-state index is 14.1. The van der Waals surface area contributed by atoms with Crippen molar-refractivity contribution in [2.75, 3.05) is 26.8 Å². The van der Waals surface area contributed by atoms with E-state index in [-0.39, 0.29) is 12.0 Å². The summed E-state index contributed by atoms with van der Waals surface area (Å²) in [5, 5.41) is 0. The Balaban J connectivity index is 2.24. The number of methoxy groups -OCH3 is 1. The Kier molecular flexibility index (Phi) is 5.88. The number of hydrogen-bond acceptors (Lipinski definition) is 4. The van der Waals surface area contributed by atoms with Gasteiger partial charge in [-0.05, 0) is 24.5 Å². The number of hydrogen-bond donors (Lipinski definition) is 1. The second-order valence-electron chi connectivity index (χ2n) is 5.58. The van der Waals surface area contributed by atoms with Crippen LogP contribution in [-0.2, 0) is 9.57 Å². The summed E-state index contributed by atoms with van der Waals surface area (Å²) in [5.41, 5.74) is 1.15. The second-order valence-corrected chi connectivity index (χ2v) is 5.58. The quantitative estimate of drug-likeness (QED) is 0.849. The molecule has 0 aromatic heterocycles. The van der Waals surface area contributed by atoms with E-state index in [1.807, 2.05) is 4.90 Å². The molecule has 1 aromatic rings. The van der Waals surface area contributed by atoms with Crippen molar-refractivity contribution in [1.82, 2.24) is 4.90 Å². The molecule has 2 atom stereocenters. The summed E-state index contributed by atoms with van der Waals surface area (Å²) in [5.74, 6) is 3.57. The fourth-order valence-corrected chi connectivity index (χ4v) is 2.87. The number of nitrogens with zero attached hydrogens (tertiary/aromatic N) is 1. The third-order valence-electron chi connectivity index (χ3n) is 4.07. The van der Waals surface area contributed by atoms with E-state index in [0.29, 0.717) is 38.1 Å². The second kappa shape index (κ2) is 7.67. The highest BCUT2D eigenvalue weighted by atomic mass is 19.2. The van der Waals surface area contributed by atoms with Gasteiger partial charge in [0.25, 0.3) is 0 Å². The molecule has 0 aliphatic carbocycles. The number of benzene rings is 1. The van der Waals surface area contributed by atoms with Gasteiger partial charge < -0.3 is 9.64 Å². The first kappa shape index (κ1) is 16.9. The van der Waals surface area contributed by atoms with Crippen molar-refractivity contribution in [3.8, 4) is 0 Å². The average Bonchev–Trinajstić information content (AvgIpc) is 2.73. The first-order chi connectivity index (χ1) is 10.6. The molecule has 1 saturated heterocycles. The predicted octanol–water partition coefficient (Wildman–Crippen LogP) is 2.56. The maximum atomic E-state index is 14.1. The first-order valence-electron chi connectivity index (χ1n) is 7.28. The molecule has 0 unspecified atom stereocenters. The molecular weight excluding hydrogens is 290 g/mol. The van der Waals surface area contributed by atoms with Gasteiger partial charge >= 0.3 is 0 Å². The molecule has 2 rings (SSSR count). The summed E-state index contributed by atoms with van der Waals surface area (Å²) < 4.78 is 32.7. The minimum Gasteiger partial charge on any atom is -0.379 e. The molecule has 0 bridgehead atoms. The zero-order chi connectivity index (χ0) is 16.1. The fourth-order valence-electron chi connectivity index (χ4n) is 2.87. The molecule has 122 valence electrons. The Bertz CT molecular complexity index is 525. The molecule has 1 aromatic carbocycles. The largest absolute Gasteiger partial charge is 0.379 e. The van der Waals surface area contributed by atoms with Gasteiger partial charge in [-0.2, -0.15) is 0 Å². The van der Waals surface area contributed by atoms with Gasteiger partial charge in [-0.3, -0.25) is 4.84 Å². The lowest BCUT2D eigenvalue weighted by Crippen LogP contribution is -2.35. The van der Waals surface area contributed by atoms with Crippen LogP contribution in [-0.4, -0.2) is 37.8 Å². The van der Waals surface area contributed by atoms with E-state index < -0.39 is 11.6 Å². The number of nitrogens with two attached hydrogens (primary N) is 1. The van der Waals surface area contributed by atoms with Crippen molar-refractivity contribution < 1.29 is 18.4 Å². The smallest absolute Gasteiger partial charge is 0.162 e. The van der Waals surface area contributed by atoms with Gasteiger partial charge in [0.2, 0.25) is 0 Å². The average molecular weight is 312 g/mol. The van der Waals surface area contributed by atoms with E-state index in [1.54, 1.807) is 13.2 Å². The monoisotopic (exact) mass is 312 g/mol. The molecule has 6 heteroatoms. The van der Waals surface area contributed by atoms with E-state index in [0.717, 1.165) is 11.8 Å².